The van der Waals surface area contributed by atoms with E-state index in [1.807, 2.05) is 18.2 Å². The minimum atomic E-state index is -1.71. The van der Waals surface area contributed by atoms with Crippen LogP contribution in [-0.2, 0) is 17.9 Å². The fourth-order valence-electron chi connectivity index (χ4n) is 2.97. The van der Waals surface area contributed by atoms with Crippen LogP contribution in [0.2, 0.25) is 0 Å². The van der Waals surface area contributed by atoms with Crippen molar-refractivity contribution >= 4 is 51.6 Å². The van der Waals surface area contributed by atoms with E-state index in [9.17, 15) is 25.2 Å². The maximum atomic E-state index is 12.3. The Morgan fingerprint density at radius 2 is 1.73 bits per heavy atom. The van der Waals surface area contributed by atoms with E-state index in [0.717, 1.165) is 31.0 Å². The predicted molar refractivity (Wildman–Crippen MR) is 140 cm³/mol. The molecule has 13 heteroatoms. The number of pyridine rings is 1. The molecule has 0 radical (unpaired) electrons. The van der Waals surface area contributed by atoms with Crippen LogP contribution < -0.4 is 8.85 Å². The summed E-state index contributed by atoms with van der Waals surface area (Å²) >= 11 is 4.31. The van der Waals surface area contributed by atoms with E-state index in [1.165, 1.54) is 11.9 Å². The Hall–Kier alpha value is -0.240. The van der Waals surface area contributed by atoms with E-state index >= 15 is 0 Å². The lowest BCUT2D eigenvalue weighted by Gasteiger charge is -2.28. The Kier molecular flexibility index (Phi) is 16.1. The second kappa shape index (κ2) is 17.2. The average molecular weight is 695 g/mol. The van der Waals surface area contributed by atoms with Crippen LogP contribution in [0.25, 0.3) is 0 Å². The summed E-state index contributed by atoms with van der Waals surface area (Å²) in [6.07, 6.45) is -5.50. The number of aliphatic hydroxyl groups is 5. The van der Waals surface area contributed by atoms with Crippen molar-refractivity contribution in [3.8, 4) is 0 Å². The van der Waals surface area contributed by atoms with E-state index in [2.05, 4.69) is 62.7 Å². The lowest BCUT2D eigenvalue weighted by atomic mass is 10.0. The molecule has 1 aromatic heterocycles. The van der Waals surface area contributed by atoms with Gasteiger partial charge >= 0.3 is 0 Å². The summed E-state index contributed by atoms with van der Waals surface area (Å²) in [5.41, 5.74) is 1.98. The van der Waals surface area contributed by atoms with Crippen molar-refractivity contribution in [2.45, 2.75) is 50.3 Å². The molecule has 0 saturated carbocycles. The molecule has 190 valence electrons. The van der Waals surface area contributed by atoms with Crippen LogP contribution in [0.15, 0.2) is 18.2 Å². The Balaban J connectivity index is 2.23. The summed E-state index contributed by atoms with van der Waals surface area (Å²) < 4.78 is 5.14. The molecular weight excluding hydrogens is 660 g/mol. The molecule has 33 heavy (non-hydrogen) atoms. The number of amides is 1. The predicted octanol–water partition coefficient (Wildman–Crippen LogP) is -1.06. The third kappa shape index (κ3) is 12.3. The summed E-state index contributed by atoms with van der Waals surface area (Å²) in [5.74, 6) is -0.201. The largest absolute Gasteiger partial charge is 0.394 e. The molecule has 0 bridgehead atoms. The number of rotatable bonds is 17. The van der Waals surface area contributed by atoms with E-state index in [4.69, 9.17) is 5.11 Å². The molecule has 1 aromatic rings. The van der Waals surface area contributed by atoms with Gasteiger partial charge in [0.1, 0.15) is 24.4 Å². The van der Waals surface area contributed by atoms with E-state index in [0.29, 0.717) is 19.5 Å². The van der Waals surface area contributed by atoms with Crippen molar-refractivity contribution in [2.24, 2.45) is 0 Å². The molecule has 11 nitrogen and oxygen atoms in total. The number of halogens is 2. The SMILES string of the molecule is CN(C[C@H](O)[C@@H](O)[C@H](O)[C@H](O)CO)C(=O)CCCN(I)CCNCc1cccc(CNI)n1. The molecule has 1 heterocycles. The van der Waals surface area contributed by atoms with Gasteiger partial charge in [0.15, 0.2) is 0 Å². The lowest BCUT2D eigenvalue weighted by molar-refractivity contribution is -0.138. The first-order valence-electron chi connectivity index (χ1n) is 10.7. The van der Waals surface area contributed by atoms with Crippen molar-refractivity contribution < 1.29 is 30.3 Å². The molecule has 1 amide bonds. The van der Waals surface area contributed by atoms with Crippen molar-refractivity contribution in [1.29, 1.82) is 0 Å². The van der Waals surface area contributed by atoms with Gasteiger partial charge in [0, 0.05) is 98.5 Å². The second-order valence-corrected chi connectivity index (χ2v) is 9.82. The van der Waals surface area contributed by atoms with E-state index < -0.39 is 31.0 Å². The highest BCUT2D eigenvalue weighted by atomic mass is 127. The zero-order valence-corrected chi connectivity index (χ0v) is 23.0. The van der Waals surface area contributed by atoms with Crippen molar-refractivity contribution in [2.75, 3.05) is 39.8 Å². The molecular formula is C20H35I2N5O6. The van der Waals surface area contributed by atoms with Gasteiger partial charge in [0.2, 0.25) is 5.91 Å². The fourth-order valence-corrected chi connectivity index (χ4v) is 3.94. The van der Waals surface area contributed by atoms with Gasteiger partial charge in [-0.25, -0.2) is 3.11 Å². The van der Waals surface area contributed by atoms with E-state index in [1.54, 1.807) is 0 Å². The van der Waals surface area contributed by atoms with Gasteiger partial charge in [0.05, 0.1) is 18.0 Å². The highest BCUT2D eigenvalue weighted by Crippen LogP contribution is 2.08. The summed E-state index contributed by atoms with van der Waals surface area (Å²) in [5, 5.41) is 51.0. The highest BCUT2D eigenvalue weighted by Gasteiger charge is 2.31. The molecule has 0 spiro atoms. The Morgan fingerprint density at radius 1 is 1.09 bits per heavy atom. The zero-order chi connectivity index (χ0) is 24.8. The fraction of sp³-hybridized carbons (Fsp3) is 0.700. The normalized spacial score (nSPS) is 15.3. The van der Waals surface area contributed by atoms with Crippen LogP contribution in [0.4, 0.5) is 0 Å². The van der Waals surface area contributed by atoms with Gasteiger partial charge in [0.25, 0.3) is 0 Å². The van der Waals surface area contributed by atoms with Crippen LogP contribution in [0.5, 0.6) is 0 Å². The molecule has 7 N–H and O–H groups in total. The number of aliphatic hydroxyl groups excluding tert-OH is 5. The number of nitrogens with one attached hydrogen (secondary N) is 2. The standard InChI is InChI=1S/C20H35I2N5O6/c1-26(12-16(29)19(32)20(33)17(30)13-28)18(31)6-3-8-27(22)9-7-23-10-14-4-2-5-15(25-14)11-24-21/h2,4-5,16-17,19-20,23-24,28-30,32-33H,3,6-13H2,1H3/t16-,17+,19+,20+/m0/s1. The first kappa shape index (κ1) is 30.8. The molecule has 0 fully saturated rings. The van der Waals surface area contributed by atoms with Crippen molar-refractivity contribution in [1.82, 2.24) is 21.8 Å². The molecule has 0 saturated heterocycles. The first-order valence-corrected chi connectivity index (χ1v) is 12.7. The average Bonchev–Trinajstić information content (AvgIpc) is 2.80. The molecule has 0 aliphatic heterocycles. The van der Waals surface area contributed by atoms with Gasteiger partial charge < -0.3 is 35.7 Å². The second-order valence-electron chi connectivity index (χ2n) is 7.69. The minimum Gasteiger partial charge on any atom is -0.394 e. The van der Waals surface area contributed by atoms with Gasteiger partial charge in [-0.2, -0.15) is 0 Å². The summed E-state index contributed by atoms with van der Waals surface area (Å²) in [7, 11) is 1.50. The quantitative estimate of drug-likeness (QED) is 0.0608. The number of nitrogens with zero attached hydrogens (tertiary/aromatic N) is 3. The maximum absolute atomic E-state index is 12.3. The first-order chi connectivity index (χ1) is 15.7. The number of carbonyl (C=O) groups is 1. The van der Waals surface area contributed by atoms with Gasteiger partial charge in [-0.15, -0.1) is 0 Å². The van der Waals surface area contributed by atoms with Crippen LogP contribution >= 0.6 is 45.7 Å². The molecule has 0 aliphatic carbocycles. The highest BCUT2D eigenvalue weighted by molar-refractivity contribution is 14.1. The third-order valence-electron chi connectivity index (χ3n) is 4.95. The molecule has 1 rings (SSSR count). The third-order valence-corrected chi connectivity index (χ3v) is 6.30. The molecule has 0 aromatic carbocycles. The summed E-state index contributed by atoms with van der Waals surface area (Å²) in [6.45, 7) is 2.75. The van der Waals surface area contributed by atoms with Gasteiger partial charge in [-0.1, -0.05) is 6.07 Å². The number of hydrogen-bond donors (Lipinski definition) is 7. The minimum absolute atomic E-state index is 0.198. The lowest BCUT2D eigenvalue weighted by Crippen LogP contribution is -2.50. The van der Waals surface area contributed by atoms with E-state index in [-0.39, 0.29) is 18.9 Å². The molecule has 0 aliphatic rings. The monoisotopic (exact) mass is 695 g/mol. The molecule has 4 atom stereocenters. The Morgan fingerprint density at radius 3 is 2.36 bits per heavy atom. The zero-order valence-electron chi connectivity index (χ0n) is 18.6. The van der Waals surface area contributed by atoms with Crippen LogP contribution in [0.1, 0.15) is 24.2 Å². The van der Waals surface area contributed by atoms with Crippen molar-refractivity contribution in [3.63, 3.8) is 0 Å². The van der Waals surface area contributed by atoms with Gasteiger partial charge in [-0.3, -0.25) is 13.3 Å². The topological polar surface area (TPSA) is 162 Å². The molecule has 0 unspecified atom stereocenters. The smallest absolute Gasteiger partial charge is 0.222 e. The number of hydrogen-bond acceptors (Lipinski definition) is 10. The van der Waals surface area contributed by atoms with Crippen LogP contribution in [-0.4, -0.2) is 109 Å². The van der Waals surface area contributed by atoms with Crippen LogP contribution in [0, 0.1) is 0 Å². The summed E-state index contributed by atoms with van der Waals surface area (Å²) in [6, 6.07) is 5.96. The van der Waals surface area contributed by atoms with Gasteiger partial charge in [-0.05, 0) is 18.6 Å². The number of likely N-dealkylation sites (N-methyl/N-ethyl adjacent to an activating group) is 1. The number of aromatic nitrogens is 1. The Labute approximate surface area is 222 Å². The Bertz CT molecular complexity index is 692. The van der Waals surface area contributed by atoms with Crippen molar-refractivity contribution in [3.05, 3.63) is 29.6 Å². The number of carbonyl (C=O) groups excluding carboxylic acids is 1. The van der Waals surface area contributed by atoms with Crippen LogP contribution in [0.3, 0.4) is 0 Å². The summed E-state index contributed by atoms with van der Waals surface area (Å²) in [4.78, 5) is 18.1. The maximum Gasteiger partial charge on any atom is 0.222 e.